The van der Waals surface area contributed by atoms with E-state index in [1.54, 1.807) is 12.1 Å². The maximum atomic E-state index is 13.2. The van der Waals surface area contributed by atoms with Crippen LogP contribution in [0.5, 0.6) is 0 Å². The van der Waals surface area contributed by atoms with Gasteiger partial charge in [0.15, 0.2) is 0 Å². The van der Waals surface area contributed by atoms with Crippen LogP contribution < -0.4 is 11.0 Å². The number of amides is 1. The minimum Gasteiger partial charge on any atom is -0.390 e. The van der Waals surface area contributed by atoms with E-state index in [0.29, 0.717) is 26.9 Å². The lowest BCUT2D eigenvalue weighted by atomic mass is 9.97. The second kappa shape index (κ2) is 7.75. The van der Waals surface area contributed by atoms with Crippen molar-refractivity contribution in [3.63, 3.8) is 0 Å². The van der Waals surface area contributed by atoms with E-state index in [-0.39, 0.29) is 0 Å². The van der Waals surface area contributed by atoms with Gasteiger partial charge in [0.2, 0.25) is 4.83 Å². The number of hydrogen-bond acceptors (Lipinski definition) is 6. The predicted molar refractivity (Wildman–Crippen MR) is 111 cm³/mol. The van der Waals surface area contributed by atoms with Crippen molar-refractivity contribution in [2.75, 3.05) is 5.43 Å². The van der Waals surface area contributed by atoms with E-state index in [1.807, 2.05) is 19.1 Å². The first-order chi connectivity index (χ1) is 14.0. The summed E-state index contributed by atoms with van der Waals surface area (Å²) in [5.41, 5.74) is 3.97. The van der Waals surface area contributed by atoms with Crippen molar-refractivity contribution in [3.05, 3.63) is 66.3 Å². The van der Waals surface area contributed by atoms with Gasteiger partial charge in [0.25, 0.3) is 5.91 Å². The van der Waals surface area contributed by atoms with Gasteiger partial charge in [0, 0.05) is 10.4 Å². The fraction of sp³-hybridized carbons (Fsp3) is 0.350. The third-order valence-electron chi connectivity index (χ3n) is 5.13. The zero-order valence-corrected chi connectivity index (χ0v) is 16.8. The zero-order chi connectivity index (χ0) is 20.5. The molecule has 1 aliphatic carbocycles. The van der Waals surface area contributed by atoms with Gasteiger partial charge in [0.1, 0.15) is 5.39 Å². The molecule has 0 saturated heterocycles. The molecule has 2 heterocycles. The highest BCUT2D eigenvalue weighted by Gasteiger charge is 2.29. The molecule has 0 saturated carbocycles. The Bertz CT molecular complexity index is 1180. The molecule has 0 atom stereocenters. The van der Waals surface area contributed by atoms with Crippen molar-refractivity contribution in [1.82, 2.24) is 9.66 Å². The van der Waals surface area contributed by atoms with Crippen molar-refractivity contribution in [2.24, 2.45) is 0 Å². The Morgan fingerprint density at radius 1 is 1.31 bits per heavy atom. The average molecular weight is 412 g/mol. The molecule has 8 nitrogen and oxygen atoms in total. The first-order valence-corrected chi connectivity index (χ1v) is 10.4. The van der Waals surface area contributed by atoms with Crippen LogP contribution in [0, 0.1) is 10.1 Å². The maximum absolute atomic E-state index is 13.2. The van der Waals surface area contributed by atoms with E-state index in [1.165, 1.54) is 11.3 Å². The van der Waals surface area contributed by atoms with Gasteiger partial charge in [-0.05, 0) is 54.2 Å². The molecular formula is C20H20N4O4S. The summed E-state index contributed by atoms with van der Waals surface area (Å²) in [6.45, 7) is 2.00. The molecule has 0 fully saturated rings. The molecule has 150 valence electrons. The molecule has 1 aromatic carbocycles. The Kier molecular flexibility index (Phi) is 5.14. The number of aromatic nitrogens is 2. The molecule has 0 radical (unpaired) electrons. The van der Waals surface area contributed by atoms with Crippen LogP contribution in [-0.4, -0.2) is 20.5 Å². The van der Waals surface area contributed by atoms with E-state index < -0.39 is 22.3 Å². The lowest BCUT2D eigenvalue weighted by Gasteiger charge is -2.11. The first-order valence-electron chi connectivity index (χ1n) is 9.62. The Labute approximate surface area is 170 Å². The Hall–Kier alpha value is -3.07. The number of rotatable bonds is 5. The monoisotopic (exact) mass is 412 g/mol. The number of nitrogens with one attached hydrogen (secondary N) is 1. The smallest absolute Gasteiger partial charge is 0.390 e. The van der Waals surface area contributed by atoms with E-state index >= 15 is 0 Å². The highest BCUT2D eigenvalue weighted by Crippen LogP contribution is 2.34. The number of carbonyl (C=O) groups is 1. The summed E-state index contributed by atoms with van der Waals surface area (Å²) in [6, 6.07) is 7.05. The number of aryl methyl sites for hydroxylation is 3. The number of fused-ring (bicyclic) bond motifs is 3. The highest BCUT2D eigenvalue weighted by molar-refractivity contribution is 7.18. The summed E-state index contributed by atoms with van der Waals surface area (Å²) < 4.78 is 0.689. The summed E-state index contributed by atoms with van der Waals surface area (Å²) in [7, 11) is 0. The lowest BCUT2D eigenvalue weighted by molar-refractivity contribution is -0.396. The molecule has 0 unspecified atom stereocenters. The fourth-order valence-electron chi connectivity index (χ4n) is 3.81. The molecule has 1 aliphatic rings. The minimum atomic E-state index is -0.738. The topological polar surface area (TPSA) is 107 Å². The van der Waals surface area contributed by atoms with Crippen molar-refractivity contribution in [3.8, 4) is 0 Å². The van der Waals surface area contributed by atoms with Gasteiger partial charge in [-0.25, -0.2) is 10.2 Å². The highest BCUT2D eigenvalue weighted by atomic mass is 32.1. The molecule has 1 N–H and O–H groups in total. The van der Waals surface area contributed by atoms with Gasteiger partial charge < -0.3 is 10.1 Å². The maximum Gasteiger partial charge on any atom is 0.461 e. The van der Waals surface area contributed by atoms with Gasteiger partial charge >= 0.3 is 11.5 Å². The second-order valence-corrected chi connectivity index (χ2v) is 8.13. The Morgan fingerprint density at radius 2 is 2.07 bits per heavy atom. The lowest BCUT2D eigenvalue weighted by Crippen LogP contribution is -2.35. The standard InChI is InChI=1S/C20H20N4O4S/c1-2-7-12-8-3-4-9-13(12)17(25)22-23-19(26)16-14-10-5-6-11-15(14)29-18(16)21-20(23)24(27)28/h3-4,8-9H,2,5-7,10-11H2,1H3,(H,22,25). The fourth-order valence-corrected chi connectivity index (χ4v) is 5.06. The molecule has 1 amide bonds. The van der Waals surface area contributed by atoms with Crippen LogP contribution in [0.1, 0.15) is 52.5 Å². The van der Waals surface area contributed by atoms with Crippen molar-refractivity contribution in [2.45, 2.75) is 45.4 Å². The van der Waals surface area contributed by atoms with Crippen LogP contribution in [0.2, 0.25) is 0 Å². The molecule has 0 aliphatic heterocycles. The zero-order valence-electron chi connectivity index (χ0n) is 15.9. The van der Waals surface area contributed by atoms with Gasteiger partial charge in [0.05, 0.1) is 0 Å². The van der Waals surface area contributed by atoms with Crippen LogP contribution in [0.4, 0.5) is 5.95 Å². The number of thiophene rings is 1. The molecule has 4 rings (SSSR count). The van der Waals surface area contributed by atoms with E-state index in [2.05, 4.69) is 10.4 Å². The number of nitrogens with zero attached hydrogens (tertiary/aromatic N) is 3. The van der Waals surface area contributed by atoms with Crippen molar-refractivity contribution in [1.29, 1.82) is 0 Å². The number of benzene rings is 1. The number of carbonyl (C=O) groups excluding carboxylic acids is 1. The molecular weight excluding hydrogens is 392 g/mol. The SMILES string of the molecule is CCCc1ccccc1C(=O)Nn1c([N+](=O)[O-])nc2sc3c(c2c1=O)CCCC3. The summed E-state index contributed by atoms with van der Waals surface area (Å²) in [4.78, 5) is 42.4. The van der Waals surface area contributed by atoms with Crippen molar-refractivity contribution >= 4 is 33.4 Å². The van der Waals surface area contributed by atoms with E-state index in [4.69, 9.17) is 0 Å². The predicted octanol–water partition coefficient (Wildman–Crippen LogP) is 3.58. The number of nitro groups is 1. The third-order valence-corrected chi connectivity index (χ3v) is 6.31. The van der Waals surface area contributed by atoms with E-state index in [9.17, 15) is 19.7 Å². The molecule has 29 heavy (non-hydrogen) atoms. The van der Waals surface area contributed by atoms with Gasteiger partial charge in [-0.15, -0.1) is 11.3 Å². The van der Waals surface area contributed by atoms with Gasteiger partial charge in [-0.2, -0.15) is 0 Å². The molecule has 9 heteroatoms. The van der Waals surface area contributed by atoms with Crippen LogP contribution in [0.15, 0.2) is 29.1 Å². The van der Waals surface area contributed by atoms with Gasteiger partial charge in [-0.1, -0.05) is 41.2 Å². The molecule has 2 aromatic heterocycles. The number of hydrogen-bond donors (Lipinski definition) is 1. The quantitative estimate of drug-likeness (QED) is 0.509. The van der Waals surface area contributed by atoms with Crippen molar-refractivity contribution < 1.29 is 9.72 Å². The third kappa shape index (κ3) is 3.42. The minimum absolute atomic E-state index is 0.366. The molecule has 0 bridgehead atoms. The normalized spacial score (nSPS) is 13.3. The summed E-state index contributed by atoms with van der Waals surface area (Å²) in [5, 5.41) is 12.0. The largest absolute Gasteiger partial charge is 0.461 e. The first kappa shape index (κ1) is 19.3. The average Bonchev–Trinajstić information content (AvgIpc) is 3.09. The molecule has 0 spiro atoms. The van der Waals surface area contributed by atoms with Crippen LogP contribution in [0.3, 0.4) is 0 Å². The Balaban J connectivity index is 1.84. The summed E-state index contributed by atoms with van der Waals surface area (Å²) in [5.74, 6) is -1.24. The van der Waals surface area contributed by atoms with Crippen LogP contribution in [0.25, 0.3) is 10.2 Å². The second-order valence-electron chi connectivity index (χ2n) is 7.05. The van der Waals surface area contributed by atoms with Crippen LogP contribution >= 0.6 is 11.3 Å². The summed E-state index contributed by atoms with van der Waals surface area (Å²) in [6.07, 6.45) is 5.12. The van der Waals surface area contributed by atoms with Crippen LogP contribution in [-0.2, 0) is 19.3 Å². The Morgan fingerprint density at radius 3 is 2.83 bits per heavy atom. The van der Waals surface area contributed by atoms with Gasteiger partial charge in [-0.3, -0.25) is 4.79 Å². The van der Waals surface area contributed by atoms with E-state index in [0.717, 1.165) is 48.1 Å². The summed E-state index contributed by atoms with van der Waals surface area (Å²) >= 11 is 1.34. The molecule has 3 aromatic rings.